The van der Waals surface area contributed by atoms with Crippen molar-refractivity contribution in [2.45, 2.75) is 6.92 Å². The Balaban J connectivity index is 1.93. The second-order valence-corrected chi connectivity index (χ2v) is 6.77. The molecule has 0 atom stereocenters. The first-order valence-electron chi connectivity index (χ1n) is 6.93. The van der Waals surface area contributed by atoms with Gasteiger partial charge in [-0.15, -0.1) is 0 Å². The SMILES string of the molecule is Cc1ccc(N2C(=O)/C(=C\c3cccc(C#N)c3)SC2=S)cc1. The van der Waals surface area contributed by atoms with Crippen molar-refractivity contribution in [3.05, 3.63) is 70.1 Å². The summed E-state index contributed by atoms with van der Waals surface area (Å²) in [6.45, 7) is 2.00. The highest BCUT2D eigenvalue weighted by atomic mass is 32.2. The molecule has 0 radical (unpaired) electrons. The molecule has 3 nitrogen and oxygen atoms in total. The Morgan fingerprint density at radius 3 is 2.65 bits per heavy atom. The molecule has 1 aliphatic rings. The number of nitriles is 1. The Labute approximate surface area is 144 Å². The lowest BCUT2D eigenvalue weighted by Gasteiger charge is -2.14. The third-order valence-corrected chi connectivity index (χ3v) is 4.70. The molecule has 2 aromatic rings. The Morgan fingerprint density at radius 2 is 1.96 bits per heavy atom. The molecule has 23 heavy (non-hydrogen) atoms. The van der Waals surface area contributed by atoms with Crippen LogP contribution in [0.25, 0.3) is 6.08 Å². The molecule has 0 N–H and O–H groups in total. The number of thiocarbonyl (C=S) groups is 1. The number of anilines is 1. The fraction of sp³-hybridized carbons (Fsp3) is 0.0556. The van der Waals surface area contributed by atoms with Crippen molar-refractivity contribution >= 4 is 46.0 Å². The van der Waals surface area contributed by atoms with E-state index in [9.17, 15) is 4.79 Å². The number of carbonyl (C=O) groups is 1. The van der Waals surface area contributed by atoms with Gasteiger partial charge in [0.05, 0.1) is 22.2 Å². The number of rotatable bonds is 2. The quantitative estimate of drug-likeness (QED) is 0.607. The average molecular weight is 336 g/mol. The van der Waals surface area contributed by atoms with Crippen LogP contribution in [0.2, 0.25) is 0 Å². The minimum atomic E-state index is -0.133. The van der Waals surface area contributed by atoms with Gasteiger partial charge in [0.2, 0.25) is 0 Å². The van der Waals surface area contributed by atoms with Crippen molar-refractivity contribution in [3.8, 4) is 6.07 Å². The van der Waals surface area contributed by atoms with Crippen molar-refractivity contribution in [2.75, 3.05) is 4.90 Å². The molecule has 0 spiro atoms. The van der Waals surface area contributed by atoms with Crippen LogP contribution in [0.4, 0.5) is 5.69 Å². The Kier molecular flexibility index (Phi) is 4.28. The van der Waals surface area contributed by atoms with Gasteiger partial charge in [-0.05, 0) is 42.8 Å². The fourth-order valence-electron chi connectivity index (χ4n) is 2.23. The molecular formula is C18H12N2OS2. The van der Waals surface area contributed by atoms with Crippen LogP contribution < -0.4 is 4.90 Å². The van der Waals surface area contributed by atoms with Crippen molar-refractivity contribution in [2.24, 2.45) is 0 Å². The molecule has 2 aromatic carbocycles. The molecule has 1 saturated heterocycles. The summed E-state index contributed by atoms with van der Waals surface area (Å²) >= 11 is 6.62. The molecule has 1 aliphatic heterocycles. The summed E-state index contributed by atoms with van der Waals surface area (Å²) in [6.07, 6.45) is 1.77. The van der Waals surface area contributed by atoms with Gasteiger partial charge in [0.25, 0.3) is 5.91 Å². The summed E-state index contributed by atoms with van der Waals surface area (Å²) in [6, 6.07) is 16.9. The molecule has 0 aliphatic carbocycles. The van der Waals surface area contributed by atoms with Crippen LogP contribution in [0, 0.1) is 18.3 Å². The van der Waals surface area contributed by atoms with Crippen LogP contribution in [0.5, 0.6) is 0 Å². The van der Waals surface area contributed by atoms with Crippen molar-refractivity contribution in [3.63, 3.8) is 0 Å². The topological polar surface area (TPSA) is 44.1 Å². The van der Waals surface area contributed by atoms with Crippen LogP contribution in [-0.2, 0) is 4.79 Å². The maximum atomic E-state index is 12.6. The van der Waals surface area contributed by atoms with Crippen LogP contribution in [-0.4, -0.2) is 10.2 Å². The van der Waals surface area contributed by atoms with Gasteiger partial charge in [0, 0.05) is 0 Å². The van der Waals surface area contributed by atoms with Crippen LogP contribution >= 0.6 is 24.0 Å². The largest absolute Gasteiger partial charge is 0.270 e. The standard InChI is InChI=1S/C18H12N2OS2/c1-12-5-7-15(8-6-12)20-17(21)16(23-18(20)22)10-13-3-2-4-14(9-13)11-19/h2-10H,1H3/b16-10+. The van der Waals surface area contributed by atoms with E-state index in [2.05, 4.69) is 6.07 Å². The maximum absolute atomic E-state index is 12.6. The summed E-state index contributed by atoms with van der Waals surface area (Å²) in [5.41, 5.74) is 3.27. The number of nitrogens with zero attached hydrogens (tertiary/aromatic N) is 2. The molecule has 0 saturated carbocycles. The molecular weight excluding hydrogens is 324 g/mol. The van der Waals surface area contributed by atoms with E-state index in [1.165, 1.54) is 11.8 Å². The minimum Gasteiger partial charge on any atom is -0.268 e. The zero-order chi connectivity index (χ0) is 16.4. The lowest BCUT2D eigenvalue weighted by molar-refractivity contribution is -0.113. The zero-order valence-corrected chi connectivity index (χ0v) is 13.9. The second-order valence-electron chi connectivity index (χ2n) is 5.09. The zero-order valence-electron chi connectivity index (χ0n) is 12.3. The van der Waals surface area contributed by atoms with E-state index in [-0.39, 0.29) is 5.91 Å². The smallest absolute Gasteiger partial charge is 0.268 e. The Morgan fingerprint density at radius 1 is 1.22 bits per heavy atom. The fourth-order valence-corrected chi connectivity index (χ4v) is 3.53. The average Bonchev–Trinajstić information content (AvgIpc) is 2.83. The predicted octanol–water partition coefficient (Wildman–Crippen LogP) is 4.27. The first kappa shape index (κ1) is 15.5. The van der Waals surface area contributed by atoms with E-state index < -0.39 is 0 Å². The Hall–Kier alpha value is -2.42. The molecule has 5 heteroatoms. The molecule has 1 fully saturated rings. The van der Waals surface area contributed by atoms with E-state index in [1.54, 1.807) is 29.2 Å². The number of carbonyl (C=O) groups excluding carboxylic acids is 1. The van der Waals surface area contributed by atoms with Gasteiger partial charge in [-0.3, -0.25) is 9.69 Å². The highest BCUT2D eigenvalue weighted by Gasteiger charge is 2.33. The first-order valence-corrected chi connectivity index (χ1v) is 8.16. The lowest BCUT2D eigenvalue weighted by atomic mass is 10.1. The lowest BCUT2D eigenvalue weighted by Crippen LogP contribution is -2.27. The number of aryl methyl sites for hydroxylation is 1. The van der Waals surface area contributed by atoms with Gasteiger partial charge < -0.3 is 0 Å². The van der Waals surface area contributed by atoms with E-state index >= 15 is 0 Å². The molecule has 112 valence electrons. The van der Waals surface area contributed by atoms with Crippen molar-refractivity contribution in [1.29, 1.82) is 5.26 Å². The van der Waals surface area contributed by atoms with Gasteiger partial charge in [0.1, 0.15) is 0 Å². The van der Waals surface area contributed by atoms with E-state index in [1.807, 2.05) is 37.3 Å². The minimum absolute atomic E-state index is 0.133. The maximum Gasteiger partial charge on any atom is 0.270 e. The number of benzene rings is 2. The van der Waals surface area contributed by atoms with Crippen LogP contribution in [0.1, 0.15) is 16.7 Å². The normalized spacial score (nSPS) is 16.0. The number of hydrogen-bond acceptors (Lipinski definition) is 4. The summed E-state index contributed by atoms with van der Waals surface area (Å²) in [4.78, 5) is 14.7. The summed E-state index contributed by atoms with van der Waals surface area (Å²) in [5.74, 6) is -0.133. The van der Waals surface area contributed by atoms with E-state index in [0.717, 1.165) is 16.8 Å². The summed E-state index contributed by atoms with van der Waals surface area (Å²) < 4.78 is 0.515. The number of hydrogen-bond donors (Lipinski definition) is 0. The Bertz CT molecular complexity index is 863. The van der Waals surface area contributed by atoms with E-state index in [0.29, 0.717) is 14.8 Å². The highest BCUT2D eigenvalue weighted by Crippen LogP contribution is 2.36. The van der Waals surface area contributed by atoms with Crippen LogP contribution in [0.15, 0.2) is 53.4 Å². The summed E-state index contributed by atoms with van der Waals surface area (Å²) in [5, 5.41) is 8.96. The van der Waals surface area contributed by atoms with Gasteiger partial charge in [0.15, 0.2) is 4.32 Å². The second kappa shape index (κ2) is 6.37. The molecule has 0 unspecified atom stereocenters. The van der Waals surface area contributed by atoms with Gasteiger partial charge in [-0.1, -0.05) is 53.8 Å². The molecule has 0 aromatic heterocycles. The molecule has 0 bridgehead atoms. The first-order chi connectivity index (χ1) is 11.1. The predicted molar refractivity (Wildman–Crippen MR) is 98.0 cm³/mol. The third kappa shape index (κ3) is 3.19. The monoisotopic (exact) mass is 336 g/mol. The van der Waals surface area contributed by atoms with Gasteiger partial charge >= 0.3 is 0 Å². The van der Waals surface area contributed by atoms with Crippen LogP contribution in [0.3, 0.4) is 0 Å². The van der Waals surface area contributed by atoms with Crippen molar-refractivity contribution in [1.82, 2.24) is 0 Å². The number of thioether (sulfide) groups is 1. The molecule has 1 heterocycles. The van der Waals surface area contributed by atoms with Gasteiger partial charge in [-0.2, -0.15) is 5.26 Å². The molecule has 3 rings (SSSR count). The van der Waals surface area contributed by atoms with E-state index in [4.69, 9.17) is 17.5 Å². The summed E-state index contributed by atoms with van der Waals surface area (Å²) in [7, 11) is 0. The third-order valence-electron chi connectivity index (χ3n) is 3.40. The van der Waals surface area contributed by atoms with Gasteiger partial charge in [-0.25, -0.2) is 0 Å². The molecule has 1 amide bonds. The highest BCUT2D eigenvalue weighted by molar-refractivity contribution is 8.27. The van der Waals surface area contributed by atoms with Crippen molar-refractivity contribution < 1.29 is 4.79 Å². The number of amides is 1.